The number of hydrogen-bond donors (Lipinski definition) is 2. The first-order valence-corrected chi connectivity index (χ1v) is 6.66. The molecule has 3 heteroatoms. The summed E-state index contributed by atoms with van der Waals surface area (Å²) in [4.78, 5) is 11.4. The van der Waals surface area contributed by atoms with Crippen molar-refractivity contribution in [3.05, 3.63) is 0 Å². The maximum Gasteiger partial charge on any atom is 0.220 e. The minimum atomic E-state index is 0.223. The van der Waals surface area contributed by atoms with E-state index in [2.05, 4.69) is 31.4 Å². The fraction of sp³-hybridized carbons (Fsp3) is 0.923. The minimum absolute atomic E-state index is 0.223. The van der Waals surface area contributed by atoms with Gasteiger partial charge in [0.2, 0.25) is 5.91 Å². The van der Waals surface area contributed by atoms with Gasteiger partial charge in [-0.15, -0.1) is 0 Å². The molecule has 0 aliphatic heterocycles. The molecule has 0 aromatic carbocycles. The summed E-state index contributed by atoms with van der Waals surface area (Å²) in [6, 6.07) is 1.05. The van der Waals surface area contributed by atoms with Crippen molar-refractivity contribution in [1.82, 2.24) is 10.6 Å². The predicted octanol–water partition coefficient (Wildman–Crippen LogP) is 2.07. The van der Waals surface area contributed by atoms with E-state index in [0.717, 1.165) is 13.0 Å². The molecule has 0 bridgehead atoms. The van der Waals surface area contributed by atoms with E-state index in [1.54, 1.807) is 0 Å². The average Bonchev–Trinajstić information content (AvgIpc) is 3.06. The van der Waals surface area contributed by atoms with E-state index in [1.165, 1.54) is 19.3 Å². The van der Waals surface area contributed by atoms with Crippen molar-refractivity contribution in [1.29, 1.82) is 0 Å². The summed E-state index contributed by atoms with van der Waals surface area (Å²) in [5.74, 6) is 0.931. The molecular weight excluding hydrogens is 200 g/mol. The first-order chi connectivity index (χ1) is 7.63. The van der Waals surface area contributed by atoms with Gasteiger partial charge in [-0.1, -0.05) is 20.3 Å². The topological polar surface area (TPSA) is 41.1 Å². The molecule has 1 aliphatic carbocycles. The van der Waals surface area contributed by atoms with Crippen molar-refractivity contribution < 1.29 is 4.79 Å². The Morgan fingerprint density at radius 1 is 1.38 bits per heavy atom. The first-order valence-electron chi connectivity index (χ1n) is 6.66. The molecule has 94 valence electrons. The molecule has 0 aromatic rings. The summed E-state index contributed by atoms with van der Waals surface area (Å²) in [5, 5.41) is 6.49. The first kappa shape index (κ1) is 13.5. The quantitative estimate of drug-likeness (QED) is 0.622. The Labute approximate surface area is 99.4 Å². The average molecular weight is 226 g/mol. The molecule has 2 atom stereocenters. The molecule has 0 radical (unpaired) electrons. The normalized spacial score (nSPS) is 19.2. The van der Waals surface area contributed by atoms with E-state index < -0.39 is 0 Å². The van der Waals surface area contributed by atoms with Crippen molar-refractivity contribution in [2.45, 2.75) is 65.0 Å². The van der Waals surface area contributed by atoms with Crippen LogP contribution in [0.4, 0.5) is 0 Å². The summed E-state index contributed by atoms with van der Waals surface area (Å²) in [6.07, 6.45) is 5.16. The van der Waals surface area contributed by atoms with Crippen LogP contribution < -0.4 is 10.6 Å². The zero-order valence-electron chi connectivity index (χ0n) is 10.9. The van der Waals surface area contributed by atoms with Gasteiger partial charge in [-0.3, -0.25) is 4.79 Å². The van der Waals surface area contributed by atoms with Gasteiger partial charge in [0, 0.05) is 18.5 Å². The summed E-state index contributed by atoms with van der Waals surface area (Å²) in [5.41, 5.74) is 0. The van der Waals surface area contributed by atoms with Gasteiger partial charge < -0.3 is 10.6 Å². The van der Waals surface area contributed by atoms with Crippen LogP contribution in [0.25, 0.3) is 0 Å². The lowest BCUT2D eigenvalue weighted by Gasteiger charge is -2.19. The van der Waals surface area contributed by atoms with E-state index >= 15 is 0 Å². The van der Waals surface area contributed by atoms with Gasteiger partial charge in [-0.05, 0) is 38.6 Å². The second-order valence-corrected chi connectivity index (χ2v) is 5.07. The molecule has 0 spiro atoms. The number of rotatable bonds is 8. The fourth-order valence-electron chi connectivity index (χ4n) is 1.66. The SMILES string of the molecule is CCC(C)C(C)NCCCC(=O)NC1CC1. The fourth-order valence-corrected chi connectivity index (χ4v) is 1.66. The largest absolute Gasteiger partial charge is 0.353 e. The molecule has 3 nitrogen and oxygen atoms in total. The Bertz CT molecular complexity index is 214. The molecular formula is C13H26N2O. The van der Waals surface area contributed by atoms with Crippen LogP contribution in [0.1, 0.15) is 52.9 Å². The van der Waals surface area contributed by atoms with Crippen LogP contribution >= 0.6 is 0 Å². The van der Waals surface area contributed by atoms with Crippen LogP contribution in [-0.4, -0.2) is 24.5 Å². The molecule has 1 fully saturated rings. The molecule has 0 saturated heterocycles. The van der Waals surface area contributed by atoms with Gasteiger partial charge in [-0.25, -0.2) is 0 Å². The van der Waals surface area contributed by atoms with E-state index in [-0.39, 0.29) is 5.91 Å². The Balaban J connectivity index is 1.95. The van der Waals surface area contributed by atoms with Crippen LogP contribution in [-0.2, 0) is 4.79 Å². The van der Waals surface area contributed by atoms with Crippen LogP contribution in [0, 0.1) is 5.92 Å². The van der Waals surface area contributed by atoms with Crippen molar-refractivity contribution in [3.8, 4) is 0 Å². The van der Waals surface area contributed by atoms with E-state index in [4.69, 9.17) is 0 Å². The van der Waals surface area contributed by atoms with Gasteiger partial charge >= 0.3 is 0 Å². The van der Waals surface area contributed by atoms with Gasteiger partial charge in [0.15, 0.2) is 0 Å². The van der Waals surface area contributed by atoms with Crippen molar-refractivity contribution in [3.63, 3.8) is 0 Å². The van der Waals surface area contributed by atoms with E-state index in [1.807, 2.05) is 0 Å². The maximum atomic E-state index is 11.4. The highest BCUT2D eigenvalue weighted by Gasteiger charge is 2.22. The third-order valence-corrected chi connectivity index (χ3v) is 3.49. The number of nitrogens with one attached hydrogen (secondary N) is 2. The molecule has 2 N–H and O–H groups in total. The second-order valence-electron chi connectivity index (χ2n) is 5.07. The minimum Gasteiger partial charge on any atom is -0.353 e. The monoisotopic (exact) mass is 226 g/mol. The van der Waals surface area contributed by atoms with Crippen LogP contribution in [0.5, 0.6) is 0 Å². The second kappa shape index (κ2) is 6.89. The third-order valence-electron chi connectivity index (χ3n) is 3.49. The number of carbonyl (C=O) groups excluding carboxylic acids is 1. The molecule has 16 heavy (non-hydrogen) atoms. The van der Waals surface area contributed by atoms with Crippen molar-refractivity contribution in [2.75, 3.05) is 6.54 Å². The number of amides is 1. The standard InChI is InChI=1S/C13H26N2O/c1-4-10(2)11(3)14-9-5-6-13(16)15-12-7-8-12/h10-12,14H,4-9H2,1-3H3,(H,15,16). The van der Waals surface area contributed by atoms with Crippen LogP contribution in [0.3, 0.4) is 0 Å². The highest BCUT2D eigenvalue weighted by Crippen LogP contribution is 2.18. The lowest BCUT2D eigenvalue weighted by Crippen LogP contribution is -2.33. The van der Waals surface area contributed by atoms with Gasteiger partial charge in [0.25, 0.3) is 0 Å². The summed E-state index contributed by atoms with van der Waals surface area (Å²) in [6.45, 7) is 7.64. The maximum absolute atomic E-state index is 11.4. The number of carbonyl (C=O) groups is 1. The zero-order valence-corrected chi connectivity index (χ0v) is 10.9. The van der Waals surface area contributed by atoms with Gasteiger partial charge in [0.05, 0.1) is 0 Å². The lowest BCUT2D eigenvalue weighted by atomic mass is 10.0. The van der Waals surface area contributed by atoms with E-state index in [0.29, 0.717) is 24.4 Å². The lowest BCUT2D eigenvalue weighted by molar-refractivity contribution is -0.121. The Hall–Kier alpha value is -0.570. The molecule has 1 amide bonds. The molecule has 1 saturated carbocycles. The van der Waals surface area contributed by atoms with Crippen molar-refractivity contribution >= 4 is 5.91 Å². The smallest absolute Gasteiger partial charge is 0.220 e. The third kappa shape index (κ3) is 5.50. The highest BCUT2D eigenvalue weighted by atomic mass is 16.1. The summed E-state index contributed by atoms with van der Waals surface area (Å²) < 4.78 is 0. The molecule has 0 heterocycles. The van der Waals surface area contributed by atoms with Crippen molar-refractivity contribution in [2.24, 2.45) is 5.92 Å². The Morgan fingerprint density at radius 2 is 2.06 bits per heavy atom. The van der Waals surface area contributed by atoms with Gasteiger partial charge in [-0.2, -0.15) is 0 Å². The van der Waals surface area contributed by atoms with Crippen LogP contribution in [0.15, 0.2) is 0 Å². The molecule has 0 aromatic heterocycles. The Morgan fingerprint density at radius 3 is 2.62 bits per heavy atom. The summed E-state index contributed by atoms with van der Waals surface area (Å²) in [7, 11) is 0. The predicted molar refractivity (Wildman–Crippen MR) is 67.3 cm³/mol. The van der Waals surface area contributed by atoms with Crippen LogP contribution in [0.2, 0.25) is 0 Å². The number of hydrogen-bond acceptors (Lipinski definition) is 2. The molecule has 2 unspecified atom stereocenters. The zero-order chi connectivity index (χ0) is 12.0. The highest BCUT2D eigenvalue weighted by molar-refractivity contribution is 5.76. The van der Waals surface area contributed by atoms with Gasteiger partial charge in [0.1, 0.15) is 0 Å². The Kier molecular flexibility index (Phi) is 5.81. The molecule has 1 aliphatic rings. The van der Waals surface area contributed by atoms with E-state index in [9.17, 15) is 4.79 Å². The summed E-state index contributed by atoms with van der Waals surface area (Å²) >= 11 is 0. The molecule has 1 rings (SSSR count).